The minimum atomic E-state index is -1.85. The van der Waals surface area contributed by atoms with Crippen LogP contribution in [0.15, 0.2) is 24.3 Å². The monoisotopic (exact) mass is 306 g/mol. The predicted octanol–water partition coefficient (Wildman–Crippen LogP) is 6.54. The van der Waals surface area contributed by atoms with Crippen molar-refractivity contribution in [1.29, 1.82) is 0 Å². The van der Waals surface area contributed by atoms with Gasteiger partial charge in [0, 0.05) is 0 Å². The van der Waals surface area contributed by atoms with E-state index in [1.54, 1.807) is 0 Å². The first-order valence-corrected chi connectivity index (χ1v) is 10.5. The highest BCUT2D eigenvalue weighted by molar-refractivity contribution is 6.78. The Hall–Kier alpha value is -0.763. The fourth-order valence-electron chi connectivity index (χ4n) is 3.58. The quantitative estimate of drug-likeness (QED) is 0.561. The predicted molar refractivity (Wildman–Crippen MR) is 96.8 cm³/mol. The zero-order chi connectivity index (χ0) is 16.4. The Morgan fingerprint density at radius 1 is 0.857 bits per heavy atom. The van der Waals surface area contributed by atoms with Crippen LogP contribution in [0.4, 0.5) is 0 Å². The molecule has 0 aliphatic heterocycles. The standard InChI is InChI=1S/C19H34OSi/c1-14(2)21(15(3)4,16(5)6)20-18-12-10-11-17(13-18)19(7,8)9/h10-16H,1-9H3. The van der Waals surface area contributed by atoms with E-state index in [-0.39, 0.29) is 5.41 Å². The van der Waals surface area contributed by atoms with Gasteiger partial charge in [-0.2, -0.15) is 0 Å². The molecule has 0 saturated carbocycles. The van der Waals surface area contributed by atoms with E-state index >= 15 is 0 Å². The third kappa shape index (κ3) is 3.91. The van der Waals surface area contributed by atoms with Crippen molar-refractivity contribution in [2.75, 3.05) is 0 Å². The van der Waals surface area contributed by atoms with Gasteiger partial charge in [-0.3, -0.25) is 0 Å². The van der Waals surface area contributed by atoms with Crippen LogP contribution >= 0.6 is 0 Å². The van der Waals surface area contributed by atoms with E-state index in [4.69, 9.17) is 4.43 Å². The Balaban J connectivity index is 3.22. The first-order valence-electron chi connectivity index (χ1n) is 8.31. The minimum Gasteiger partial charge on any atom is -0.543 e. The molecule has 0 unspecified atom stereocenters. The summed E-state index contributed by atoms with van der Waals surface area (Å²) in [6, 6.07) is 8.71. The molecule has 0 aromatic heterocycles. The van der Waals surface area contributed by atoms with Crippen LogP contribution in [-0.2, 0) is 5.41 Å². The van der Waals surface area contributed by atoms with Gasteiger partial charge in [0.15, 0.2) is 0 Å². The highest BCUT2D eigenvalue weighted by atomic mass is 28.4. The van der Waals surface area contributed by atoms with E-state index in [1.165, 1.54) is 5.56 Å². The molecule has 0 aliphatic rings. The number of hydrogen-bond acceptors (Lipinski definition) is 1. The zero-order valence-electron chi connectivity index (χ0n) is 15.4. The molecule has 21 heavy (non-hydrogen) atoms. The van der Waals surface area contributed by atoms with Gasteiger partial charge in [0.1, 0.15) is 5.75 Å². The number of hydrogen-bond donors (Lipinski definition) is 0. The van der Waals surface area contributed by atoms with E-state index in [0.717, 1.165) is 5.75 Å². The van der Waals surface area contributed by atoms with Gasteiger partial charge in [0.2, 0.25) is 0 Å². The lowest BCUT2D eigenvalue weighted by atomic mass is 9.87. The van der Waals surface area contributed by atoms with Gasteiger partial charge >= 0.3 is 0 Å². The molecule has 1 rings (SSSR count). The summed E-state index contributed by atoms with van der Waals surface area (Å²) in [5.74, 6) is 1.06. The molecule has 0 aliphatic carbocycles. The van der Waals surface area contributed by atoms with Crippen LogP contribution in [0.2, 0.25) is 16.6 Å². The van der Waals surface area contributed by atoms with Crippen LogP contribution < -0.4 is 4.43 Å². The van der Waals surface area contributed by atoms with Gasteiger partial charge in [-0.1, -0.05) is 74.4 Å². The average Bonchev–Trinajstić information content (AvgIpc) is 2.33. The first-order chi connectivity index (χ1) is 9.51. The Morgan fingerprint density at radius 2 is 1.33 bits per heavy atom. The Labute approximate surface area is 133 Å². The van der Waals surface area contributed by atoms with E-state index in [2.05, 4.69) is 86.6 Å². The van der Waals surface area contributed by atoms with Crippen LogP contribution in [0.5, 0.6) is 5.75 Å². The summed E-state index contributed by atoms with van der Waals surface area (Å²) in [4.78, 5) is 0. The van der Waals surface area contributed by atoms with Gasteiger partial charge in [-0.05, 0) is 39.7 Å². The van der Waals surface area contributed by atoms with Crippen molar-refractivity contribution >= 4 is 8.32 Å². The topological polar surface area (TPSA) is 9.23 Å². The van der Waals surface area contributed by atoms with E-state index in [0.29, 0.717) is 16.6 Å². The first kappa shape index (κ1) is 18.3. The molecule has 0 fully saturated rings. The molecular weight excluding hydrogens is 272 g/mol. The molecule has 0 radical (unpaired) electrons. The fraction of sp³-hybridized carbons (Fsp3) is 0.684. The summed E-state index contributed by atoms with van der Waals surface area (Å²) in [5, 5.41) is 0. The average molecular weight is 307 g/mol. The molecule has 0 heterocycles. The maximum atomic E-state index is 6.76. The molecule has 1 aromatic carbocycles. The van der Waals surface area contributed by atoms with E-state index in [1.807, 2.05) is 0 Å². The van der Waals surface area contributed by atoms with Crippen molar-refractivity contribution in [3.63, 3.8) is 0 Å². The largest absolute Gasteiger partial charge is 0.543 e. The van der Waals surface area contributed by atoms with Crippen LogP contribution in [-0.4, -0.2) is 8.32 Å². The molecule has 0 N–H and O–H groups in total. The lowest BCUT2D eigenvalue weighted by Gasteiger charge is -2.42. The number of rotatable bonds is 5. The summed E-state index contributed by atoms with van der Waals surface area (Å²) in [7, 11) is -1.85. The molecule has 0 spiro atoms. The normalized spacial score (nSPS) is 13.3. The lowest BCUT2D eigenvalue weighted by Crippen LogP contribution is -2.50. The zero-order valence-corrected chi connectivity index (χ0v) is 16.4. The maximum absolute atomic E-state index is 6.76. The second kappa shape index (κ2) is 6.56. The van der Waals surface area contributed by atoms with Gasteiger partial charge in [-0.15, -0.1) is 0 Å². The molecule has 0 saturated heterocycles. The third-order valence-electron chi connectivity index (χ3n) is 4.70. The van der Waals surface area contributed by atoms with Crippen LogP contribution in [0, 0.1) is 0 Å². The van der Waals surface area contributed by atoms with Crippen molar-refractivity contribution in [2.45, 2.75) is 84.4 Å². The highest BCUT2D eigenvalue weighted by Gasteiger charge is 2.47. The Kier molecular flexibility index (Phi) is 5.71. The van der Waals surface area contributed by atoms with Crippen molar-refractivity contribution in [2.24, 2.45) is 0 Å². The second-order valence-corrected chi connectivity index (χ2v) is 13.6. The SMILES string of the molecule is CC(C)[Si](Oc1cccc(C(C)(C)C)c1)(C(C)C)C(C)C. The molecular formula is C19H34OSi. The van der Waals surface area contributed by atoms with Gasteiger partial charge in [0.25, 0.3) is 8.32 Å². The summed E-state index contributed by atoms with van der Waals surface area (Å²) >= 11 is 0. The minimum absolute atomic E-state index is 0.164. The van der Waals surface area contributed by atoms with Crippen LogP contribution in [0.25, 0.3) is 0 Å². The Bertz CT molecular complexity index is 433. The van der Waals surface area contributed by atoms with Crippen LogP contribution in [0.3, 0.4) is 0 Å². The summed E-state index contributed by atoms with van der Waals surface area (Å²) in [6.07, 6.45) is 0. The van der Waals surface area contributed by atoms with Gasteiger partial charge in [-0.25, -0.2) is 0 Å². The van der Waals surface area contributed by atoms with E-state index < -0.39 is 8.32 Å². The molecule has 0 atom stereocenters. The summed E-state index contributed by atoms with van der Waals surface area (Å²) < 4.78 is 6.76. The Morgan fingerprint density at radius 3 is 1.71 bits per heavy atom. The van der Waals surface area contributed by atoms with Gasteiger partial charge < -0.3 is 4.43 Å². The summed E-state index contributed by atoms with van der Waals surface area (Å²) in [5.41, 5.74) is 3.33. The van der Waals surface area contributed by atoms with Crippen molar-refractivity contribution in [3.05, 3.63) is 29.8 Å². The van der Waals surface area contributed by atoms with Crippen molar-refractivity contribution in [1.82, 2.24) is 0 Å². The number of benzene rings is 1. The molecule has 0 bridgehead atoms. The molecule has 2 heteroatoms. The van der Waals surface area contributed by atoms with Gasteiger partial charge in [0.05, 0.1) is 0 Å². The maximum Gasteiger partial charge on any atom is 0.258 e. The third-order valence-corrected chi connectivity index (χ3v) is 10.7. The fourth-order valence-corrected chi connectivity index (χ4v) is 8.83. The van der Waals surface area contributed by atoms with Crippen molar-refractivity contribution in [3.8, 4) is 5.75 Å². The van der Waals surface area contributed by atoms with Crippen molar-refractivity contribution < 1.29 is 4.43 Å². The highest BCUT2D eigenvalue weighted by Crippen LogP contribution is 2.43. The van der Waals surface area contributed by atoms with E-state index in [9.17, 15) is 0 Å². The summed E-state index contributed by atoms with van der Waals surface area (Å²) in [6.45, 7) is 20.8. The second-order valence-electron chi connectivity index (χ2n) is 8.20. The smallest absolute Gasteiger partial charge is 0.258 e. The molecule has 1 nitrogen and oxygen atoms in total. The molecule has 120 valence electrons. The molecule has 0 amide bonds. The molecule has 1 aromatic rings. The van der Waals surface area contributed by atoms with Crippen LogP contribution in [0.1, 0.15) is 67.9 Å². The lowest BCUT2D eigenvalue weighted by molar-refractivity contribution is 0.476.